The molecule has 4 nitrogen and oxygen atoms in total. The predicted octanol–water partition coefficient (Wildman–Crippen LogP) is 4.16. The van der Waals surface area contributed by atoms with E-state index in [1.807, 2.05) is 29.2 Å². The Kier molecular flexibility index (Phi) is 5.39. The monoisotopic (exact) mass is 357 g/mol. The summed E-state index contributed by atoms with van der Waals surface area (Å²) in [6, 6.07) is 14.7. The van der Waals surface area contributed by atoms with Crippen LogP contribution in [0.2, 0.25) is 5.02 Å². The molecule has 2 aromatic rings. The van der Waals surface area contributed by atoms with Crippen LogP contribution < -0.4 is 0 Å². The number of benzene rings is 2. The van der Waals surface area contributed by atoms with Gasteiger partial charge in [-0.1, -0.05) is 41.9 Å². The van der Waals surface area contributed by atoms with Crippen LogP contribution in [0.5, 0.6) is 0 Å². The first-order valence-corrected chi connectivity index (χ1v) is 8.77. The second kappa shape index (κ2) is 7.70. The van der Waals surface area contributed by atoms with Crippen LogP contribution >= 0.6 is 11.6 Å². The highest BCUT2D eigenvalue weighted by Crippen LogP contribution is 2.29. The van der Waals surface area contributed by atoms with Crippen molar-refractivity contribution in [1.82, 2.24) is 4.90 Å². The molecule has 0 spiro atoms. The molecule has 3 rings (SSSR count). The lowest BCUT2D eigenvalue weighted by molar-refractivity contribution is -0.132. The third-order valence-electron chi connectivity index (χ3n) is 4.43. The van der Waals surface area contributed by atoms with E-state index < -0.39 is 5.97 Å². The zero-order chi connectivity index (χ0) is 17.8. The Morgan fingerprint density at radius 1 is 1.08 bits per heavy atom. The summed E-state index contributed by atoms with van der Waals surface area (Å²) >= 11 is 5.92. The van der Waals surface area contributed by atoms with Gasteiger partial charge >= 0.3 is 5.97 Å². The molecule has 0 aromatic heterocycles. The van der Waals surface area contributed by atoms with Gasteiger partial charge in [0.25, 0.3) is 0 Å². The highest BCUT2D eigenvalue weighted by atomic mass is 35.5. The minimum atomic E-state index is -0.955. The first-order valence-electron chi connectivity index (χ1n) is 8.39. The van der Waals surface area contributed by atoms with Crippen molar-refractivity contribution in [2.45, 2.75) is 38.3 Å². The van der Waals surface area contributed by atoms with Gasteiger partial charge in [0.2, 0.25) is 5.91 Å². The van der Waals surface area contributed by atoms with Crippen molar-refractivity contribution in [3.05, 3.63) is 70.2 Å². The standard InChI is InChI=1S/C20H20ClNO3/c21-16-8-5-14(6-9-16)13-22(17-10-11-17)19(23)12-7-15-3-1-2-4-18(15)20(24)25/h1-6,8-9,17H,7,10-13H2,(H,24,25). The molecule has 1 aliphatic carbocycles. The molecule has 25 heavy (non-hydrogen) atoms. The highest BCUT2D eigenvalue weighted by molar-refractivity contribution is 6.30. The zero-order valence-corrected chi connectivity index (χ0v) is 14.6. The van der Waals surface area contributed by atoms with Crippen LogP contribution in [0.25, 0.3) is 0 Å². The molecular formula is C20H20ClNO3. The highest BCUT2D eigenvalue weighted by Gasteiger charge is 2.32. The number of aromatic carboxylic acids is 1. The zero-order valence-electron chi connectivity index (χ0n) is 13.8. The molecule has 1 amide bonds. The van der Waals surface area contributed by atoms with Crippen LogP contribution in [-0.4, -0.2) is 27.9 Å². The average Bonchev–Trinajstić information content (AvgIpc) is 3.44. The Morgan fingerprint density at radius 2 is 1.76 bits per heavy atom. The number of nitrogens with zero attached hydrogens (tertiary/aromatic N) is 1. The van der Waals surface area contributed by atoms with Crippen LogP contribution in [0.15, 0.2) is 48.5 Å². The quantitative estimate of drug-likeness (QED) is 0.809. The minimum absolute atomic E-state index is 0.0673. The van der Waals surface area contributed by atoms with E-state index in [1.54, 1.807) is 24.3 Å². The number of carboxylic acids is 1. The molecule has 0 aliphatic heterocycles. The summed E-state index contributed by atoms with van der Waals surface area (Å²) in [5.41, 5.74) is 2.02. The summed E-state index contributed by atoms with van der Waals surface area (Å²) in [6.45, 7) is 0.571. The molecule has 1 N–H and O–H groups in total. The number of carbonyl (C=O) groups excluding carboxylic acids is 1. The van der Waals surface area contributed by atoms with Crippen molar-refractivity contribution in [3.8, 4) is 0 Å². The van der Waals surface area contributed by atoms with Crippen LogP contribution in [0.1, 0.15) is 40.7 Å². The Balaban J connectivity index is 1.66. The van der Waals surface area contributed by atoms with Gasteiger partial charge in [-0.25, -0.2) is 4.79 Å². The number of aryl methyl sites for hydroxylation is 1. The van der Waals surface area contributed by atoms with E-state index in [0.717, 1.165) is 18.4 Å². The minimum Gasteiger partial charge on any atom is -0.478 e. The van der Waals surface area contributed by atoms with Crippen LogP contribution in [0.3, 0.4) is 0 Å². The summed E-state index contributed by atoms with van der Waals surface area (Å²) in [4.78, 5) is 25.9. The van der Waals surface area contributed by atoms with Gasteiger partial charge in [0.1, 0.15) is 0 Å². The summed E-state index contributed by atoms with van der Waals surface area (Å²) < 4.78 is 0. The molecule has 0 heterocycles. The Morgan fingerprint density at radius 3 is 2.40 bits per heavy atom. The molecule has 1 aliphatic rings. The molecule has 5 heteroatoms. The third-order valence-corrected chi connectivity index (χ3v) is 4.68. The van der Waals surface area contributed by atoms with Gasteiger partial charge in [-0.05, 0) is 48.6 Å². The average molecular weight is 358 g/mol. The molecule has 0 atom stereocenters. The maximum absolute atomic E-state index is 12.7. The first kappa shape index (κ1) is 17.5. The van der Waals surface area contributed by atoms with Crippen molar-refractivity contribution in [2.24, 2.45) is 0 Å². The Hall–Kier alpha value is -2.33. The molecule has 0 unspecified atom stereocenters. The van der Waals surface area contributed by atoms with Gasteiger partial charge in [0.05, 0.1) is 5.56 Å². The molecule has 0 radical (unpaired) electrons. The summed E-state index contributed by atoms with van der Waals surface area (Å²) in [7, 11) is 0. The van der Waals surface area contributed by atoms with Crippen molar-refractivity contribution in [2.75, 3.05) is 0 Å². The lowest BCUT2D eigenvalue weighted by Crippen LogP contribution is -2.32. The third kappa shape index (κ3) is 4.60. The topological polar surface area (TPSA) is 57.6 Å². The molecule has 1 fully saturated rings. The summed E-state index contributed by atoms with van der Waals surface area (Å²) in [5, 5.41) is 9.93. The van der Waals surface area contributed by atoms with Crippen LogP contribution in [-0.2, 0) is 17.8 Å². The van der Waals surface area contributed by atoms with E-state index in [4.69, 9.17) is 11.6 Å². The maximum atomic E-state index is 12.7. The number of carboxylic acid groups (broad SMARTS) is 1. The normalized spacial score (nSPS) is 13.5. The number of carbonyl (C=O) groups is 2. The van der Waals surface area contributed by atoms with E-state index in [-0.39, 0.29) is 11.5 Å². The number of amides is 1. The molecular weight excluding hydrogens is 338 g/mol. The number of rotatable bonds is 7. The number of halogens is 1. The number of hydrogen-bond donors (Lipinski definition) is 1. The smallest absolute Gasteiger partial charge is 0.335 e. The van der Waals surface area contributed by atoms with Gasteiger partial charge in [-0.15, -0.1) is 0 Å². The Labute approximate surface area is 152 Å². The van der Waals surface area contributed by atoms with E-state index in [9.17, 15) is 14.7 Å². The second-order valence-corrected chi connectivity index (χ2v) is 6.78. The summed E-state index contributed by atoms with van der Waals surface area (Å²) in [6.07, 6.45) is 2.82. The van der Waals surface area contributed by atoms with Gasteiger partial charge in [-0.3, -0.25) is 4.79 Å². The predicted molar refractivity (Wildman–Crippen MR) is 96.7 cm³/mol. The summed E-state index contributed by atoms with van der Waals surface area (Å²) in [5.74, 6) is -0.888. The number of hydrogen-bond acceptors (Lipinski definition) is 2. The fourth-order valence-electron chi connectivity index (χ4n) is 2.93. The van der Waals surface area contributed by atoms with Gasteiger partial charge in [0, 0.05) is 24.0 Å². The largest absolute Gasteiger partial charge is 0.478 e. The van der Waals surface area contributed by atoms with Gasteiger partial charge in [-0.2, -0.15) is 0 Å². The SMILES string of the molecule is O=C(O)c1ccccc1CCC(=O)N(Cc1ccc(Cl)cc1)C1CC1. The van der Waals surface area contributed by atoms with Gasteiger partial charge < -0.3 is 10.0 Å². The lowest BCUT2D eigenvalue weighted by atomic mass is 10.0. The molecule has 0 saturated heterocycles. The molecule has 130 valence electrons. The second-order valence-electron chi connectivity index (χ2n) is 6.34. The Bertz CT molecular complexity index is 769. The molecule has 0 bridgehead atoms. The maximum Gasteiger partial charge on any atom is 0.335 e. The van der Waals surface area contributed by atoms with E-state index in [0.29, 0.717) is 36.0 Å². The van der Waals surface area contributed by atoms with Crippen molar-refractivity contribution >= 4 is 23.5 Å². The van der Waals surface area contributed by atoms with Gasteiger partial charge in [0.15, 0.2) is 0 Å². The van der Waals surface area contributed by atoms with Crippen molar-refractivity contribution in [3.63, 3.8) is 0 Å². The van der Waals surface area contributed by atoms with Crippen molar-refractivity contribution in [1.29, 1.82) is 0 Å². The van der Waals surface area contributed by atoms with Crippen molar-refractivity contribution < 1.29 is 14.7 Å². The van der Waals surface area contributed by atoms with Crippen LogP contribution in [0.4, 0.5) is 0 Å². The fourth-order valence-corrected chi connectivity index (χ4v) is 3.05. The molecule has 1 saturated carbocycles. The van der Waals surface area contributed by atoms with E-state index in [1.165, 1.54) is 0 Å². The first-order chi connectivity index (χ1) is 12.0. The fraction of sp³-hybridized carbons (Fsp3) is 0.300. The van der Waals surface area contributed by atoms with E-state index >= 15 is 0 Å². The van der Waals surface area contributed by atoms with Crippen LogP contribution in [0, 0.1) is 0 Å². The lowest BCUT2D eigenvalue weighted by Gasteiger charge is -2.23. The molecule has 2 aromatic carbocycles. The van der Waals surface area contributed by atoms with E-state index in [2.05, 4.69) is 0 Å².